The molecule has 78 valence electrons. The van der Waals surface area contributed by atoms with Gasteiger partial charge in [0.25, 0.3) is 6.43 Å². The standard InChI is InChI=1S/C9H10F3NO/c10-8-3-7(14-5-9(11)12)2-1-6(8)4-13/h1-3,9H,4-5,13H2. The van der Waals surface area contributed by atoms with Crippen LogP contribution in [0.4, 0.5) is 13.2 Å². The molecule has 0 aliphatic carbocycles. The summed E-state index contributed by atoms with van der Waals surface area (Å²) in [6.45, 7) is -0.664. The van der Waals surface area contributed by atoms with E-state index >= 15 is 0 Å². The molecule has 1 rings (SSSR count). The van der Waals surface area contributed by atoms with Gasteiger partial charge < -0.3 is 10.5 Å². The van der Waals surface area contributed by atoms with Gasteiger partial charge in [0.05, 0.1) is 0 Å². The number of nitrogens with two attached hydrogens (primary N) is 1. The predicted molar refractivity (Wildman–Crippen MR) is 45.8 cm³/mol. The molecule has 0 aliphatic heterocycles. The molecule has 14 heavy (non-hydrogen) atoms. The fraction of sp³-hybridized carbons (Fsp3) is 0.333. The average Bonchev–Trinajstić information content (AvgIpc) is 2.15. The van der Waals surface area contributed by atoms with Crippen molar-refractivity contribution in [1.29, 1.82) is 0 Å². The molecule has 0 unspecified atom stereocenters. The van der Waals surface area contributed by atoms with E-state index < -0.39 is 18.8 Å². The zero-order chi connectivity index (χ0) is 10.6. The van der Waals surface area contributed by atoms with Crippen molar-refractivity contribution in [2.45, 2.75) is 13.0 Å². The van der Waals surface area contributed by atoms with Crippen LogP contribution in [0.3, 0.4) is 0 Å². The molecule has 0 atom stereocenters. The van der Waals surface area contributed by atoms with Gasteiger partial charge in [-0.25, -0.2) is 13.2 Å². The van der Waals surface area contributed by atoms with E-state index in [0.29, 0.717) is 5.56 Å². The molecule has 0 aliphatic rings. The first-order valence-electron chi connectivity index (χ1n) is 4.03. The lowest BCUT2D eigenvalue weighted by Gasteiger charge is -2.06. The highest BCUT2D eigenvalue weighted by molar-refractivity contribution is 5.28. The smallest absolute Gasteiger partial charge is 0.272 e. The first kappa shape index (κ1) is 10.8. The molecule has 0 aromatic heterocycles. The second-order valence-electron chi connectivity index (χ2n) is 2.66. The summed E-state index contributed by atoms with van der Waals surface area (Å²) in [5, 5.41) is 0. The summed E-state index contributed by atoms with van der Waals surface area (Å²) in [4.78, 5) is 0. The molecule has 0 saturated carbocycles. The molecule has 0 spiro atoms. The van der Waals surface area contributed by atoms with E-state index in [0.717, 1.165) is 6.07 Å². The van der Waals surface area contributed by atoms with Gasteiger partial charge in [-0.1, -0.05) is 6.07 Å². The van der Waals surface area contributed by atoms with Crippen molar-refractivity contribution in [3.63, 3.8) is 0 Å². The van der Waals surface area contributed by atoms with Crippen LogP contribution in [0, 0.1) is 5.82 Å². The Labute approximate surface area is 79.5 Å². The highest BCUT2D eigenvalue weighted by Crippen LogP contribution is 2.16. The van der Waals surface area contributed by atoms with Gasteiger partial charge in [-0.2, -0.15) is 0 Å². The number of hydrogen-bond acceptors (Lipinski definition) is 2. The van der Waals surface area contributed by atoms with Crippen LogP contribution < -0.4 is 10.5 Å². The molecule has 0 radical (unpaired) electrons. The maximum atomic E-state index is 13.0. The Bertz CT molecular complexity index is 304. The van der Waals surface area contributed by atoms with Crippen molar-refractivity contribution < 1.29 is 17.9 Å². The molecule has 0 amide bonds. The average molecular weight is 205 g/mol. The van der Waals surface area contributed by atoms with E-state index in [2.05, 4.69) is 4.74 Å². The molecule has 0 bridgehead atoms. The third-order valence-electron chi connectivity index (χ3n) is 1.62. The van der Waals surface area contributed by atoms with Gasteiger partial charge in [0.1, 0.15) is 18.2 Å². The molecule has 5 heteroatoms. The van der Waals surface area contributed by atoms with Gasteiger partial charge in [-0.3, -0.25) is 0 Å². The molecule has 2 N–H and O–H groups in total. The van der Waals surface area contributed by atoms with Crippen molar-refractivity contribution in [2.75, 3.05) is 6.61 Å². The topological polar surface area (TPSA) is 35.2 Å². The predicted octanol–water partition coefficient (Wildman–Crippen LogP) is 1.93. The van der Waals surface area contributed by atoms with Gasteiger partial charge in [0.2, 0.25) is 0 Å². The van der Waals surface area contributed by atoms with E-state index in [1.807, 2.05) is 0 Å². The minimum atomic E-state index is -2.56. The van der Waals surface area contributed by atoms with Crippen LogP contribution in [0.15, 0.2) is 18.2 Å². The lowest BCUT2D eigenvalue weighted by Crippen LogP contribution is -2.07. The van der Waals surface area contributed by atoms with Crippen molar-refractivity contribution in [1.82, 2.24) is 0 Å². The molecular formula is C9H10F3NO. The maximum Gasteiger partial charge on any atom is 0.272 e. The molecule has 0 fully saturated rings. The molecule has 0 saturated heterocycles. The Morgan fingerprint density at radius 2 is 2.07 bits per heavy atom. The summed E-state index contributed by atoms with van der Waals surface area (Å²) < 4.78 is 41.1. The van der Waals surface area contributed by atoms with Gasteiger partial charge in [-0.15, -0.1) is 0 Å². The minimum Gasteiger partial charge on any atom is -0.488 e. The Morgan fingerprint density at radius 3 is 2.57 bits per heavy atom. The fourth-order valence-corrected chi connectivity index (χ4v) is 0.943. The number of hydrogen-bond donors (Lipinski definition) is 1. The summed E-state index contributed by atoms with van der Waals surface area (Å²) in [6.07, 6.45) is -2.56. The van der Waals surface area contributed by atoms with Crippen molar-refractivity contribution in [2.24, 2.45) is 5.73 Å². The van der Waals surface area contributed by atoms with E-state index in [-0.39, 0.29) is 12.3 Å². The number of rotatable bonds is 4. The van der Waals surface area contributed by atoms with Gasteiger partial charge in [-0.05, 0) is 6.07 Å². The lowest BCUT2D eigenvalue weighted by molar-refractivity contribution is 0.0817. The summed E-state index contributed by atoms with van der Waals surface area (Å²) in [5.41, 5.74) is 5.55. The maximum absolute atomic E-state index is 13.0. The van der Waals surface area contributed by atoms with Gasteiger partial charge >= 0.3 is 0 Å². The second kappa shape index (κ2) is 4.85. The van der Waals surface area contributed by atoms with Crippen LogP contribution >= 0.6 is 0 Å². The van der Waals surface area contributed by atoms with E-state index in [1.165, 1.54) is 12.1 Å². The first-order valence-corrected chi connectivity index (χ1v) is 4.03. The quantitative estimate of drug-likeness (QED) is 0.815. The van der Waals surface area contributed by atoms with Crippen LogP contribution in [0.2, 0.25) is 0 Å². The third kappa shape index (κ3) is 2.92. The number of halogens is 3. The highest BCUT2D eigenvalue weighted by Gasteiger charge is 2.06. The summed E-state index contributed by atoms with van der Waals surface area (Å²) in [5.74, 6) is -0.459. The zero-order valence-corrected chi connectivity index (χ0v) is 7.34. The van der Waals surface area contributed by atoms with Crippen LogP contribution in [-0.2, 0) is 6.54 Å². The number of ether oxygens (including phenoxy) is 1. The monoisotopic (exact) mass is 205 g/mol. The van der Waals surface area contributed by atoms with Gasteiger partial charge in [0, 0.05) is 18.2 Å². The van der Waals surface area contributed by atoms with E-state index in [1.54, 1.807) is 0 Å². The summed E-state index contributed by atoms with van der Waals surface area (Å²) in [6, 6.07) is 3.87. The molecule has 2 nitrogen and oxygen atoms in total. The van der Waals surface area contributed by atoms with Crippen LogP contribution in [0.5, 0.6) is 5.75 Å². The van der Waals surface area contributed by atoms with Crippen molar-refractivity contribution in [3.05, 3.63) is 29.6 Å². The van der Waals surface area contributed by atoms with Crippen LogP contribution in [0.1, 0.15) is 5.56 Å². The van der Waals surface area contributed by atoms with E-state index in [4.69, 9.17) is 5.73 Å². The zero-order valence-electron chi connectivity index (χ0n) is 7.34. The van der Waals surface area contributed by atoms with Crippen molar-refractivity contribution >= 4 is 0 Å². The number of alkyl halides is 2. The largest absolute Gasteiger partial charge is 0.488 e. The summed E-state index contributed by atoms with van der Waals surface area (Å²) in [7, 11) is 0. The fourth-order valence-electron chi connectivity index (χ4n) is 0.943. The second-order valence-corrected chi connectivity index (χ2v) is 2.66. The van der Waals surface area contributed by atoms with Crippen LogP contribution in [-0.4, -0.2) is 13.0 Å². The number of benzene rings is 1. The third-order valence-corrected chi connectivity index (χ3v) is 1.62. The SMILES string of the molecule is NCc1ccc(OCC(F)F)cc1F. The Morgan fingerprint density at radius 1 is 1.36 bits per heavy atom. The minimum absolute atomic E-state index is 0.0704. The highest BCUT2D eigenvalue weighted by atomic mass is 19.3. The van der Waals surface area contributed by atoms with Gasteiger partial charge in [0.15, 0.2) is 0 Å². The Hall–Kier alpha value is -1.23. The Balaban J connectivity index is 2.66. The first-order chi connectivity index (χ1) is 6.63. The lowest BCUT2D eigenvalue weighted by atomic mass is 10.2. The molecule has 1 aromatic carbocycles. The van der Waals surface area contributed by atoms with E-state index in [9.17, 15) is 13.2 Å². The molecule has 1 aromatic rings. The molecule has 0 heterocycles. The van der Waals surface area contributed by atoms with Crippen LogP contribution in [0.25, 0.3) is 0 Å². The molecular weight excluding hydrogens is 195 g/mol. The van der Waals surface area contributed by atoms with Crippen molar-refractivity contribution in [3.8, 4) is 5.75 Å². The normalized spacial score (nSPS) is 10.6. The summed E-state index contributed by atoms with van der Waals surface area (Å²) >= 11 is 0. The Kier molecular flexibility index (Phi) is 3.76.